The van der Waals surface area contributed by atoms with E-state index in [2.05, 4.69) is 0 Å². The number of hydrogen-bond donors (Lipinski definition) is 0. The van der Waals surface area contributed by atoms with Gasteiger partial charge in [0.25, 0.3) is 0 Å². The van der Waals surface area contributed by atoms with E-state index in [0.717, 1.165) is 12.0 Å². The van der Waals surface area contributed by atoms with Crippen LogP contribution in [0.2, 0.25) is 0 Å². The van der Waals surface area contributed by atoms with Crippen molar-refractivity contribution >= 4 is 16.1 Å². The van der Waals surface area contributed by atoms with Crippen LogP contribution < -0.4 is 4.18 Å². The zero-order valence-corrected chi connectivity index (χ0v) is 14.2. The van der Waals surface area contributed by atoms with Gasteiger partial charge in [0.2, 0.25) is 0 Å². The molecule has 0 aliphatic carbocycles. The molecule has 0 aliphatic heterocycles. The zero-order valence-electron chi connectivity index (χ0n) is 13.4. The first-order chi connectivity index (χ1) is 10.4. The monoisotopic (exact) mass is 328 g/mol. The summed E-state index contributed by atoms with van der Waals surface area (Å²) in [5.74, 6) is -0.0164. The normalized spacial score (nSPS) is 12.7. The minimum absolute atomic E-state index is 0.0729. The Labute approximate surface area is 132 Å². The van der Waals surface area contributed by atoms with Crippen LogP contribution in [0, 0.1) is 0 Å². The lowest BCUT2D eigenvalue weighted by Crippen LogP contribution is -2.16. The van der Waals surface area contributed by atoms with Crippen LogP contribution >= 0.6 is 0 Å². The summed E-state index contributed by atoms with van der Waals surface area (Å²) in [6, 6.07) is 7.14. The molecule has 22 heavy (non-hydrogen) atoms. The fraction of sp³-hybridized carbons (Fsp3) is 0.562. The molecule has 0 aromatic heterocycles. The molecule has 0 heterocycles. The number of hydrogen-bond acceptors (Lipinski definition) is 5. The van der Waals surface area contributed by atoms with Crippen molar-refractivity contribution in [2.45, 2.75) is 46.0 Å². The lowest BCUT2D eigenvalue weighted by atomic mass is 9.98. The van der Waals surface area contributed by atoms with Gasteiger partial charge < -0.3 is 8.92 Å². The van der Waals surface area contributed by atoms with Gasteiger partial charge in [0.05, 0.1) is 12.4 Å². The van der Waals surface area contributed by atoms with Crippen molar-refractivity contribution in [2.75, 3.05) is 12.4 Å². The molecule has 1 atom stereocenters. The van der Waals surface area contributed by atoms with Gasteiger partial charge in [0.15, 0.2) is 0 Å². The second-order valence-electron chi connectivity index (χ2n) is 5.10. The topological polar surface area (TPSA) is 69.7 Å². The molecule has 1 aromatic carbocycles. The SMILES string of the molecule is CCOC(=O)CCCS(=O)(=O)Oc1ccccc1C(C)CC. The number of carbonyl (C=O) groups excluding carboxylic acids is 1. The molecule has 0 radical (unpaired) electrons. The Kier molecular flexibility index (Phi) is 7.38. The minimum Gasteiger partial charge on any atom is -0.466 e. The molecule has 1 aromatic rings. The van der Waals surface area contributed by atoms with Gasteiger partial charge in [-0.2, -0.15) is 8.42 Å². The Morgan fingerprint density at radius 3 is 2.55 bits per heavy atom. The molecule has 0 amide bonds. The van der Waals surface area contributed by atoms with Gasteiger partial charge in [-0.05, 0) is 37.3 Å². The van der Waals surface area contributed by atoms with Gasteiger partial charge in [0, 0.05) is 6.42 Å². The van der Waals surface area contributed by atoms with Crippen LogP contribution in [0.15, 0.2) is 24.3 Å². The molecule has 1 unspecified atom stereocenters. The second kappa shape index (κ2) is 8.78. The fourth-order valence-electron chi connectivity index (χ4n) is 1.99. The Morgan fingerprint density at radius 2 is 1.91 bits per heavy atom. The minimum atomic E-state index is -3.72. The first-order valence-corrected chi connectivity index (χ1v) is 9.14. The van der Waals surface area contributed by atoms with Crippen molar-refractivity contribution in [3.8, 4) is 5.75 Å². The number of rotatable bonds is 9. The Hall–Kier alpha value is -1.56. The second-order valence-corrected chi connectivity index (χ2v) is 6.79. The third-order valence-corrected chi connectivity index (χ3v) is 4.58. The van der Waals surface area contributed by atoms with Gasteiger partial charge in [-0.15, -0.1) is 0 Å². The Balaban J connectivity index is 2.67. The number of esters is 1. The molecule has 0 fully saturated rings. The highest BCUT2D eigenvalue weighted by atomic mass is 32.2. The van der Waals surface area contributed by atoms with E-state index < -0.39 is 16.1 Å². The van der Waals surface area contributed by atoms with Gasteiger partial charge in [-0.25, -0.2) is 0 Å². The van der Waals surface area contributed by atoms with Gasteiger partial charge in [-0.3, -0.25) is 4.79 Å². The van der Waals surface area contributed by atoms with Crippen LogP contribution in [-0.2, 0) is 19.6 Å². The van der Waals surface area contributed by atoms with Gasteiger partial charge in [-0.1, -0.05) is 32.0 Å². The Morgan fingerprint density at radius 1 is 1.23 bits per heavy atom. The lowest BCUT2D eigenvalue weighted by molar-refractivity contribution is -0.143. The molecule has 6 heteroatoms. The standard InChI is InChI=1S/C16H24O5S/c1-4-13(3)14-9-6-7-10-15(14)21-22(18,19)12-8-11-16(17)20-5-2/h6-7,9-10,13H,4-5,8,11-12H2,1-3H3. The van der Waals surface area contributed by atoms with Crippen LogP contribution in [0.5, 0.6) is 5.75 Å². The average Bonchev–Trinajstić information content (AvgIpc) is 2.46. The van der Waals surface area contributed by atoms with Crippen LogP contribution in [0.4, 0.5) is 0 Å². The van der Waals surface area contributed by atoms with Crippen LogP contribution in [0.3, 0.4) is 0 Å². The van der Waals surface area contributed by atoms with E-state index in [0.29, 0.717) is 12.4 Å². The highest BCUT2D eigenvalue weighted by molar-refractivity contribution is 7.87. The maximum absolute atomic E-state index is 12.0. The van der Waals surface area contributed by atoms with Gasteiger partial charge >= 0.3 is 16.1 Å². The van der Waals surface area contributed by atoms with Gasteiger partial charge in [0.1, 0.15) is 5.75 Å². The summed E-state index contributed by atoms with van der Waals surface area (Å²) in [4.78, 5) is 11.2. The number of ether oxygens (including phenoxy) is 1. The molecule has 5 nitrogen and oxygen atoms in total. The van der Waals surface area contributed by atoms with E-state index in [4.69, 9.17) is 8.92 Å². The van der Waals surface area contributed by atoms with Crippen molar-refractivity contribution in [3.05, 3.63) is 29.8 Å². The van der Waals surface area contributed by atoms with Crippen molar-refractivity contribution in [2.24, 2.45) is 0 Å². The average molecular weight is 328 g/mol. The third-order valence-electron chi connectivity index (χ3n) is 3.36. The summed E-state index contributed by atoms with van der Waals surface area (Å²) >= 11 is 0. The predicted octanol–water partition coefficient (Wildman–Crippen LogP) is 3.25. The first-order valence-electron chi connectivity index (χ1n) is 7.56. The largest absolute Gasteiger partial charge is 0.466 e. The summed E-state index contributed by atoms with van der Waals surface area (Å²) in [5.41, 5.74) is 0.874. The molecule has 1 rings (SSSR count). The number of para-hydroxylation sites is 1. The molecule has 124 valence electrons. The molecular formula is C16H24O5S. The van der Waals surface area contributed by atoms with Crippen LogP contribution in [0.25, 0.3) is 0 Å². The van der Waals surface area contributed by atoms with Crippen molar-refractivity contribution < 1.29 is 22.1 Å². The predicted molar refractivity (Wildman–Crippen MR) is 85.4 cm³/mol. The molecule has 0 bridgehead atoms. The summed E-state index contributed by atoms with van der Waals surface area (Å²) in [6.45, 7) is 6.07. The third kappa shape index (κ3) is 6.05. The highest BCUT2D eigenvalue weighted by Gasteiger charge is 2.18. The fourth-order valence-corrected chi connectivity index (χ4v) is 2.99. The highest BCUT2D eigenvalue weighted by Crippen LogP contribution is 2.29. The van der Waals surface area contributed by atoms with Crippen LogP contribution in [0.1, 0.15) is 51.5 Å². The van der Waals surface area contributed by atoms with E-state index in [1.54, 1.807) is 19.1 Å². The maximum Gasteiger partial charge on any atom is 0.309 e. The molecule has 0 spiro atoms. The van der Waals surface area contributed by atoms with E-state index >= 15 is 0 Å². The molecule has 0 saturated carbocycles. The number of benzene rings is 1. The first kappa shape index (κ1) is 18.5. The number of carbonyl (C=O) groups is 1. The molecule has 0 N–H and O–H groups in total. The molecular weight excluding hydrogens is 304 g/mol. The van der Waals surface area contributed by atoms with E-state index in [1.807, 2.05) is 26.0 Å². The quantitative estimate of drug-likeness (QED) is 0.514. The summed E-state index contributed by atoms with van der Waals surface area (Å²) in [7, 11) is -3.72. The molecule has 0 aliphatic rings. The zero-order chi connectivity index (χ0) is 16.6. The lowest BCUT2D eigenvalue weighted by Gasteiger charge is -2.15. The Bertz CT molecular complexity index is 580. The van der Waals surface area contributed by atoms with E-state index in [1.165, 1.54) is 0 Å². The van der Waals surface area contributed by atoms with Crippen molar-refractivity contribution in [1.82, 2.24) is 0 Å². The molecule has 0 saturated heterocycles. The summed E-state index contributed by atoms with van der Waals surface area (Å²) in [5, 5.41) is 0. The van der Waals surface area contributed by atoms with Crippen molar-refractivity contribution in [1.29, 1.82) is 0 Å². The summed E-state index contributed by atoms with van der Waals surface area (Å²) < 4.78 is 34.0. The van der Waals surface area contributed by atoms with Crippen LogP contribution in [-0.4, -0.2) is 26.7 Å². The smallest absolute Gasteiger partial charge is 0.309 e. The van der Waals surface area contributed by atoms with E-state index in [9.17, 15) is 13.2 Å². The van der Waals surface area contributed by atoms with E-state index in [-0.39, 0.29) is 24.5 Å². The summed E-state index contributed by atoms with van der Waals surface area (Å²) in [6.07, 6.45) is 1.15. The van der Waals surface area contributed by atoms with Crippen molar-refractivity contribution in [3.63, 3.8) is 0 Å². The maximum atomic E-state index is 12.0.